The van der Waals surface area contributed by atoms with E-state index in [4.69, 9.17) is 4.74 Å². The molecule has 0 bridgehead atoms. The van der Waals surface area contributed by atoms with Crippen molar-refractivity contribution in [1.29, 1.82) is 0 Å². The number of ether oxygens (including phenoxy) is 1. The Labute approximate surface area is 126 Å². The van der Waals surface area contributed by atoms with Crippen molar-refractivity contribution in [2.75, 3.05) is 7.11 Å². The summed E-state index contributed by atoms with van der Waals surface area (Å²) in [4.78, 5) is 11.7. The molecule has 3 nitrogen and oxygen atoms in total. The Morgan fingerprint density at radius 3 is 2.05 bits per heavy atom. The molecule has 110 valence electrons. The molecule has 1 unspecified atom stereocenters. The van der Waals surface area contributed by atoms with E-state index in [0.717, 1.165) is 5.56 Å². The summed E-state index contributed by atoms with van der Waals surface area (Å²) < 4.78 is 4.81. The lowest BCUT2D eigenvalue weighted by Gasteiger charge is -2.23. The summed E-state index contributed by atoms with van der Waals surface area (Å²) in [5.41, 5.74) is 2.29. The average molecular weight is 283 g/mol. The summed E-state index contributed by atoms with van der Waals surface area (Å²) in [5, 5.41) is 3.51. The van der Waals surface area contributed by atoms with Gasteiger partial charge in [0.15, 0.2) is 0 Å². The summed E-state index contributed by atoms with van der Waals surface area (Å²) in [7, 11) is 1.42. The number of carbonyl (C=O) groups is 1. The number of esters is 1. The fourth-order valence-corrected chi connectivity index (χ4v) is 2.35. The Morgan fingerprint density at radius 1 is 1.00 bits per heavy atom. The summed E-state index contributed by atoms with van der Waals surface area (Å²) >= 11 is 0. The van der Waals surface area contributed by atoms with Crippen molar-refractivity contribution in [3.63, 3.8) is 0 Å². The van der Waals surface area contributed by atoms with Crippen LogP contribution in [0.5, 0.6) is 0 Å². The highest BCUT2D eigenvalue weighted by Crippen LogP contribution is 2.22. The Kier molecular flexibility index (Phi) is 5.52. The molecule has 0 aromatic heterocycles. The first-order chi connectivity index (χ1) is 10.2. The second-order valence-electron chi connectivity index (χ2n) is 5.04. The minimum Gasteiger partial charge on any atom is -0.469 e. The van der Waals surface area contributed by atoms with Gasteiger partial charge in [0.2, 0.25) is 0 Å². The van der Waals surface area contributed by atoms with Crippen LogP contribution in [0.2, 0.25) is 0 Å². The molecule has 2 atom stereocenters. The summed E-state index contributed by atoms with van der Waals surface area (Å²) in [5.74, 6) is -0.211. The standard InChI is InChI=1S/C18H21NO2/c1-14(15-9-5-3-6-10-15)19-17(13-18(20)21-2)16-11-7-4-8-12-16/h3-12,14,17,19H,13H2,1-2H3/t14-,17?/m1/s1. The third-order valence-corrected chi connectivity index (χ3v) is 3.55. The molecule has 0 amide bonds. The smallest absolute Gasteiger partial charge is 0.307 e. The molecule has 0 aliphatic rings. The molecule has 0 heterocycles. The van der Waals surface area contributed by atoms with Gasteiger partial charge in [0.25, 0.3) is 0 Å². The Morgan fingerprint density at radius 2 is 1.52 bits per heavy atom. The molecular weight excluding hydrogens is 262 g/mol. The number of nitrogens with one attached hydrogen (secondary N) is 1. The zero-order valence-corrected chi connectivity index (χ0v) is 12.5. The lowest BCUT2D eigenvalue weighted by molar-refractivity contribution is -0.141. The lowest BCUT2D eigenvalue weighted by atomic mass is 10.0. The molecule has 0 radical (unpaired) electrons. The second-order valence-corrected chi connectivity index (χ2v) is 5.04. The van der Waals surface area contributed by atoms with Gasteiger partial charge < -0.3 is 10.1 Å². The van der Waals surface area contributed by atoms with E-state index in [2.05, 4.69) is 24.4 Å². The van der Waals surface area contributed by atoms with Crippen molar-refractivity contribution in [3.8, 4) is 0 Å². The third kappa shape index (κ3) is 4.43. The van der Waals surface area contributed by atoms with Gasteiger partial charge in [0.1, 0.15) is 0 Å². The largest absolute Gasteiger partial charge is 0.469 e. The van der Waals surface area contributed by atoms with Gasteiger partial charge in [-0.15, -0.1) is 0 Å². The molecule has 21 heavy (non-hydrogen) atoms. The maximum absolute atomic E-state index is 11.7. The van der Waals surface area contributed by atoms with Crippen LogP contribution in [0.1, 0.15) is 36.6 Å². The second kappa shape index (κ2) is 7.60. The topological polar surface area (TPSA) is 38.3 Å². The Hall–Kier alpha value is -2.13. The van der Waals surface area contributed by atoms with E-state index in [-0.39, 0.29) is 18.1 Å². The van der Waals surface area contributed by atoms with Gasteiger partial charge >= 0.3 is 5.97 Å². The molecule has 0 aliphatic carbocycles. The van der Waals surface area contributed by atoms with Gasteiger partial charge in [-0.05, 0) is 18.1 Å². The van der Waals surface area contributed by atoms with Crippen LogP contribution in [0.3, 0.4) is 0 Å². The van der Waals surface area contributed by atoms with Crippen molar-refractivity contribution in [2.45, 2.75) is 25.4 Å². The van der Waals surface area contributed by atoms with Crippen LogP contribution in [0.15, 0.2) is 60.7 Å². The minimum atomic E-state index is -0.211. The van der Waals surface area contributed by atoms with Crippen molar-refractivity contribution in [2.24, 2.45) is 0 Å². The SMILES string of the molecule is COC(=O)CC(N[C@H](C)c1ccccc1)c1ccccc1. The van der Waals surface area contributed by atoms with Crippen LogP contribution < -0.4 is 5.32 Å². The summed E-state index contributed by atoms with van der Waals surface area (Å²) in [6.45, 7) is 2.10. The zero-order chi connectivity index (χ0) is 15.1. The number of carbonyl (C=O) groups excluding carboxylic acids is 1. The van der Waals surface area contributed by atoms with Crippen LogP contribution in [0.25, 0.3) is 0 Å². The van der Waals surface area contributed by atoms with Crippen molar-refractivity contribution < 1.29 is 9.53 Å². The van der Waals surface area contributed by atoms with Gasteiger partial charge in [0, 0.05) is 12.1 Å². The molecule has 0 spiro atoms. The van der Waals surface area contributed by atoms with Gasteiger partial charge in [0.05, 0.1) is 13.5 Å². The highest BCUT2D eigenvalue weighted by atomic mass is 16.5. The molecule has 0 saturated heterocycles. The molecule has 1 N–H and O–H groups in total. The molecule has 3 heteroatoms. The van der Waals surface area contributed by atoms with E-state index in [0.29, 0.717) is 6.42 Å². The van der Waals surface area contributed by atoms with Crippen LogP contribution in [-0.2, 0) is 9.53 Å². The van der Waals surface area contributed by atoms with E-state index in [1.807, 2.05) is 48.5 Å². The number of hydrogen-bond acceptors (Lipinski definition) is 3. The van der Waals surface area contributed by atoms with Crippen LogP contribution in [0.4, 0.5) is 0 Å². The predicted molar refractivity (Wildman–Crippen MR) is 83.8 cm³/mol. The normalized spacial score (nSPS) is 13.4. The van der Waals surface area contributed by atoms with Gasteiger partial charge in [-0.1, -0.05) is 60.7 Å². The van der Waals surface area contributed by atoms with E-state index >= 15 is 0 Å². The lowest BCUT2D eigenvalue weighted by Crippen LogP contribution is -2.27. The molecule has 0 saturated carbocycles. The zero-order valence-electron chi connectivity index (χ0n) is 12.5. The van der Waals surface area contributed by atoms with Gasteiger partial charge in [-0.3, -0.25) is 4.79 Å². The first-order valence-corrected chi connectivity index (χ1v) is 7.13. The number of rotatable bonds is 6. The van der Waals surface area contributed by atoms with Crippen LogP contribution >= 0.6 is 0 Å². The van der Waals surface area contributed by atoms with Crippen LogP contribution in [0, 0.1) is 0 Å². The third-order valence-electron chi connectivity index (χ3n) is 3.55. The van der Waals surface area contributed by atoms with Crippen molar-refractivity contribution >= 4 is 5.97 Å². The number of methoxy groups -OCH3 is 1. The number of benzene rings is 2. The highest BCUT2D eigenvalue weighted by molar-refractivity contribution is 5.70. The first-order valence-electron chi connectivity index (χ1n) is 7.13. The average Bonchev–Trinajstić information content (AvgIpc) is 2.55. The fraction of sp³-hybridized carbons (Fsp3) is 0.278. The quantitative estimate of drug-likeness (QED) is 0.823. The minimum absolute atomic E-state index is 0.0612. The van der Waals surface area contributed by atoms with Crippen molar-refractivity contribution in [1.82, 2.24) is 5.32 Å². The molecule has 0 aliphatic heterocycles. The molecule has 2 aromatic carbocycles. The Balaban J connectivity index is 2.14. The monoisotopic (exact) mass is 283 g/mol. The van der Waals surface area contributed by atoms with Crippen LogP contribution in [-0.4, -0.2) is 13.1 Å². The molecule has 0 fully saturated rings. The first kappa shape index (κ1) is 15.3. The predicted octanol–water partition coefficient (Wildman–Crippen LogP) is 3.64. The van der Waals surface area contributed by atoms with E-state index in [1.165, 1.54) is 12.7 Å². The molecular formula is C18H21NO2. The maximum Gasteiger partial charge on any atom is 0.307 e. The summed E-state index contributed by atoms with van der Waals surface area (Å²) in [6.07, 6.45) is 0.317. The van der Waals surface area contributed by atoms with Gasteiger partial charge in [-0.25, -0.2) is 0 Å². The highest BCUT2D eigenvalue weighted by Gasteiger charge is 2.18. The Bertz CT molecular complexity index is 554. The van der Waals surface area contributed by atoms with Gasteiger partial charge in [-0.2, -0.15) is 0 Å². The fourth-order valence-electron chi connectivity index (χ4n) is 2.35. The van der Waals surface area contributed by atoms with Crippen molar-refractivity contribution in [3.05, 3.63) is 71.8 Å². The summed E-state index contributed by atoms with van der Waals surface area (Å²) in [6, 6.07) is 20.3. The number of hydrogen-bond donors (Lipinski definition) is 1. The van der Waals surface area contributed by atoms with E-state index in [9.17, 15) is 4.79 Å². The molecule has 2 rings (SSSR count). The molecule has 2 aromatic rings. The maximum atomic E-state index is 11.7. The van der Waals surface area contributed by atoms with E-state index < -0.39 is 0 Å². The van der Waals surface area contributed by atoms with E-state index in [1.54, 1.807) is 0 Å².